The van der Waals surface area contributed by atoms with Crippen LogP contribution in [-0.2, 0) is 21.7 Å². The maximum Gasteiger partial charge on any atom is 0.247 e. The summed E-state index contributed by atoms with van der Waals surface area (Å²) < 4.78 is 55.3. The summed E-state index contributed by atoms with van der Waals surface area (Å²) in [4.78, 5) is 2.61. The van der Waals surface area contributed by atoms with Crippen LogP contribution in [0.3, 0.4) is 0 Å². The summed E-state index contributed by atoms with van der Waals surface area (Å²) >= 11 is 0. The van der Waals surface area contributed by atoms with E-state index in [4.69, 9.17) is 8.85 Å². The first-order valence-electron chi connectivity index (χ1n) is 33.8. The number of hydrogen-bond acceptors (Lipinski definition) is 2. The highest BCUT2D eigenvalue weighted by atomic mass is 16.5. The molecule has 3 nitrogen and oxygen atoms in total. The van der Waals surface area contributed by atoms with Gasteiger partial charge in [0, 0.05) is 50.1 Å². The van der Waals surface area contributed by atoms with Crippen molar-refractivity contribution in [3.05, 3.63) is 306 Å². The zero-order valence-electron chi connectivity index (χ0n) is 56.9. The largest absolute Gasteiger partial charge is 0.457 e. The summed E-state index contributed by atoms with van der Waals surface area (Å²) in [5, 5.41) is 2.42. The fourth-order valence-corrected chi connectivity index (χ4v) is 14.8. The van der Waals surface area contributed by atoms with Crippen LogP contribution in [0.25, 0.3) is 72.0 Å². The molecule has 13 aromatic rings. The smallest absolute Gasteiger partial charge is 0.247 e. The summed E-state index contributed by atoms with van der Waals surface area (Å²) in [6.45, 7) is 20.2. The van der Waals surface area contributed by atoms with E-state index in [2.05, 4.69) is 290 Å². The zero-order valence-corrected chi connectivity index (χ0v) is 51.9. The number of rotatable bonds is 6. The van der Waals surface area contributed by atoms with Gasteiger partial charge in [0.05, 0.1) is 29.0 Å². The molecule has 1 aromatic heterocycles. The molecule has 0 unspecified atom stereocenters. The third-order valence-electron chi connectivity index (χ3n) is 19.3. The van der Waals surface area contributed by atoms with E-state index in [1.54, 1.807) is 0 Å². The second kappa shape index (κ2) is 20.1. The van der Waals surface area contributed by atoms with Crippen molar-refractivity contribution in [3.63, 3.8) is 0 Å². The van der Waals surface area contributed by atoms with E-state index in [9.17, 15) is 2.74 Å². The number of benzene rings is 12. The Morgan fingerprint density at radius 1 is 0.382 bits per heavy atom. The van der Waals surface area contributed by atoms with Gasteiger partial charge in [-0.2, -0.15) is 0 Å². The first-order valence-corrected chi connectivity index (χ1v) is 31.3. The molecule has 430 valence electrons. The van der Waals surface area contributed by atoms with Gasteiger partial charge in [-0.05, 0) is 149 Å². The quantitative estimate of drug-likeness (QED) is 0.154. The summed E-state index contributed by atoms with van der Waals surface area (Å²) in [6, 6.07) is 85.0. The average molecular weight is 1150 g/mol. The zero-order chi connectivity index (χ0) is 65.1. The molecule has 3 aliphatic rings. The number of aromatic nitrogens is 1. The van der Waals surface area contributed by atoms with Crippen LogP contribution in [0.2, 0.25) is 0 Å². The molecule has 1 spiro atoms. The van der Waals surface area contributed by atoms with E-state index < -0.39 is 18.2 Å². The van der Waals surface area contributed by atoms with Gasteiger partial charge in [0.1, 0.15) is 11.5 Å². The van der Waals surface area contributed by atoms with Crippen molar-refractivity contribution >= 4 is 62.0 Å². The molecule has 0 saturated heterocycles. The van der Waals surface area contributed by atoms with Gasteiger partial charge < -0.3 is 14.2 Å². The number of fused-ring (bicyclic) bond motifs is 13. The van der Waals surface area contributed by atoms with Crippen molar-refractivity contribution in [2.75, 3.05) is 4.90 Å². The summed E-state index contributed by atoms with van der Waals surface area (Å²) in [5.41, 5.74) is 22.9. The van der Waals surface area contributed by atoms with Gasteiger partial charge in [0.2, 0.25) is 6.71 Å². The Kier molecular flexibility index (Phi) is 11.1. The molecule has 4 heteroatoms. The third-order valence-corrected chi connectivity index (χ3v) is 19.3. The van der Waals surface area contributed by atoms with Gasteiger partial charge in [0.25, 0.3) is 0 Å². The summed E-state index contributed by atoms with van der Waals surface area (Å²) in [7, 11) is 0. The molecule has 0 saturated carbocycles. The second-order valence-electron chi connectivity index (χ2n) is 27.7. The van der Waals surface area contributed by atoms with E-state index in [1.807, 2.05) is 18.2 Å². The average Bonchev–Trinajstić information content (AvgIpc) is 0.738. The Morgan fingerprint density at radius 3 is 1.49 bits per heavy atom. The number of para-hydroxylation sites is 3. The highest BCUT2D eigenvalue weighted by Crippen LogP contribution is 2.59. The van der Waals surface area contributed by atoms with Gasteiger partial charge in [-0.1, -0.05) is 274 Å². The van der Waals surface area contributed by atoms with Gasteiger partial charge in [-0.3, -0.25) is 0 Å². The van der Waals surface area contributed by atoms with Crippen LogP contribution in [0, 0.1) is 0 Å². The lowest BCUT2D eigenvalue weighted by molar-refractivity contribution is 0.435. The number of hydrogen-bond donors (Lipinski definition) is 0. The molecule has 0 bridgehead atoms. The summed E-state index contributed by atoms with van der Waals surface area (Å²) in [6.07, 6.45) is 0. The molecule has 0 amide bonds. The number of ether oxygens (including phenoxy) is 1. The normalized spacial score (nSPS) is 14.6. The lowest BCUT2D eigenvalue weighted by Crippen LogP contribution is -2.65. The van der Waals surface area contributed by atoms with E-state index in [-0.39, 0.29) is 46.0 Å². The maximum atomic E-state index is 9.51. The van der Waals surface area contributed by atoms with Crippen LogP contribution >= 0.6 is 0 Å². The molecular weight excluding hydrogens is 1080 g/mol. The van der Waals surface area contributed by atoms with Crippen molar-refractivity contribution < 1.29 is 11.6 Å². The first kappa shape index (κ1) is 49.1. The van der Waals surface area contributed by atoms with Crippen molar-refractivity contribution in [2.45, 2.75) is 84.0 Å². The van der Waals surface area contributed by atoms with Crippen LogP contribution in [0.4, 0.5) is 17.1 Å². The molecule has 89 heavy (non-hydrogen) atoms. The first-order chi connectivity index (χ1) is 45.1. The van der Waals surface area contributed by atoms with Crippen molar-refractivity contribution in [1.29, 1.82) is 0 Å². The predicted molar refractivity (Wildman–Crippen MR) is 376 cm³/mol. The third kappa shape index (κ3) is 8.54. The maximum absolute atomic E-state index is 9.51. The van der Waals surface area contributed by atoms with Crippen LogP contribution in [0.5, 0.6) is 11.5 Å². The fraction of sp³-hybridized carbons (Fsp3) is 0.153. The molecule has 4 heterocycles. The summed E-state index contributed by atoms with van der Waals surface area (Å²) in [5.74, 6) is 1.42. The number of nitrogens with zero attached hydrogens (tertiary/aromatic N) is 2. The van der Waals surface area contributed by atoms with Crippen LogP contribution < -0.4 is 26.0 Å². The Balaban J connectivity index is 1.11. The molecule has 16 rings (SSSR count). The van der Waals surface area contributed by atoms with Gasteiger partial charge in [-0.15, -0.1) is 0 Å². The van der Waals surface area contributed by atoms with Crippen molar-refractivity contribution in [3.8, 4) is 61.7 Å². The van der Waals surface area contributed by atoms with Gasteiger partial charge in [-0.25, -0.2) is 0 Å². The van der Waals surface area contributed by atoms with Gasteiger partial charge in [0.15, 0.2) is 0 Å². The standard InChI is InChI=1S/C85H71BN2O/c1-82(2,3)60-32-23-31-57(47-60)59-49-71-80-77(50-59)88(81-64(55-27-15-11-16-28-55)33-24-34-65(81)56-29-17-12-18-30-56)76-53-63(87-74-45-40-61(83(4,5)6)51-66(74)67-52-62(84(7,8)9)41-46-75(67)87)42-44-73(76)86(80)72-43-39-58(54-25-13-10-14-26-54)48-70(72)85(71)68-35-19-21-37-78(68)89-79-38-22-20-36-69(79)85/h10-53H,1-9H3/i10D,13D,14D,25D,26D. The van der Waals surface area contributed by atoms with E-state index >= 15 is 0 Å². The number of anilines is 3. The Labute approximate surface area is 531 Å². The molecular formula is C85H71BN2O. The lowest BCUT2D eigenvalue weighted by atomic mass is 9.29. The highest BCUT2D eigenvalue weighted by molar-refractivity contribution is 6.99. The minimum Gasteiger partial charge on any atom is -0.457 e. The van der Waals surface area contributed by atoms with E-state index in [0.29, 0.717) is 17.1 Å². The molecule has 0 atom stereocenters. The SMILES string of the molecule is [2H]c1c([2H])c([2H])c(-c2ccc3c(c2)C2(c4ccccc4Oc4ccccc42)c2cc(-c4cccc(C(C)(C)C)c4)cc4c2B3c2ccc(-n3c5ccc(C(C)(C)C)cc5c5cc(C(C)(C)C)ccc53)cc2N4c2c(-c3ccccc3)cccc2-c2ccccc2)c([2H])c1[2H]. The Bertz CT molecular complexity index is 5120. The molecule has 3 aliphatic heterocycles. The monoisotopic (exact) mass is 1150 g/mol. The Hall–Kier alpha value is -9.90. The predicted octanol–water partition coefficient (Wildman–Crippen LogP) is 20.4. The minimum atomic E-state index is -1.12. The van der Waals surface area contributed by atoms with Gasteiger partial charge >= 0.3 is 0 Å². The lowest BCUT2D eigenvalue weighted by Gasteiger charge is -2.50. The van der Waals surface area contributed by atoms with Crippen LogP contribution in [-0.4, -0.2) is 11.3 Å². The molecule has 0 radical (unpaired) electrons. The van der Waals surface area contributed by atoms with E-state index in [0.717, 1.165) is 106 Å². The highest BCUT2D eigenvalue weighted by Gasteiger charge is 2.55. The molecule has 0 N–H and O–H groups in total. The fourth-order valence-electron chi connectivity index (χ4n) is 14.8. The molecule has 0 aliphatic carbocycles. The van der Waals surface area contributed by atoms with Crippen molar-refractivity contribution in [1.82, 2.24) is 4.57 Å². The second-order valence-corrected chi connectivity index (χ2v) is 27.7. The topological polar surface area (TPSA) is 17.4 Å². The minimum absolute atomic E-state index is 0.0858. The Morgan fingerprint density at radius 2 is 0.899 bits per heavy atom. The molecule has 12 aromatic carbocycles. The van der Waals surface area contributed by atoms with Crippen LogP contribution in [0.15, 0.2) is 267 Å². The van der Waals surface area contributed by atoms with Crippen molar-refractivity contribution in [2.24, 2.45) is 0 Å². The molecule has 0 fully saturated rings. The van der Waals surface area contributed by atoms with Crippen LogP contribution in [0.1, 0.15) is 108 Å². The van der Waals surface area contributed by atoms with E-state index in [1.165, 1.54) is 27.5 Å².